The van der Waals surface area contributed by atoms with Crippen molar-refractivity contribution >= 4 is 32.5 Å². The number of halogens is 1. The van der Waals surface area contributed by atoms with Crippen molar-refractivity contribution in [3.05, 3.63) is 40.9 Å². The number of Topliss-reactive ketones (excluding diaryl/α,β-unsaturated/α-hetero) is 1. The minimum atomic E-state index is 0.182. The molecule has 0 bridgehead atoms. The molecule has 0 radical (unpaired) electrons. The lowest BCUT2D eigenvalue weighted by Gasteiger charge is -2.09. The maximum atomic E-state index is 11.6. The second kappa shape index (κ2) is 4.73. The van der Waals surface area contributed by atoms with E-state index in [1.165, 1.54) is 0 Å². The fraction of sp³-hybridized carbons (Fsp3) is 0.267. The first kappa shape index (κ1) is 11.7. The van der Waals surface area contributed by atoms with Crippen LogP contribution in [0.4, 0.5) is 0 Å². The van der Waals surface area contributed by atoms with Crippen LogP contribution in [0.5, 0.6) is 5.75 Å². The molecule has 1 aliphatic rings. The monoisotopic (exact) mass is 304 g/mol. The van der Waals surface area contributed by atoms with Gasteiger partial charge in [-0.15, -0.1) is 0 Å². The highest BCUT2D eigenvalue weighted by molar-refractivity contribution is 9.10. The normalized spacial score (nSPS) is 14.7. The SMILES string of the molecule is O=C(COc1ccc2ccccc2c1Br)C1CC1. The van der Waals surface area contributed by atoms with Crippen LogP contribution in [-0.4, -0.2) is 12.4 Å². The highest BCUT2D eigenvalue weighted by atomic mass is 79.9. The van der Waals surface area contributed by atoms with Gasteiger partial charge in [0, 0.05) is 5.92 Å². The third kappa shape index (κ3) is 2.27. The van der Waals surface area contributed by atoms with Gasteiger partial charge in [0.05, 0.1) is 4.47 Å². The summed E-state index contributed by atoms with van der Waals surface area (Å²) < 4.78 is 6.53. The maximum Gasteiger partial charge on any atom is 0.173 e. The Kier molecular flexibility index (Phi) is 3.08. The van der Waals surface area contributed by atoms with E-state index >= 15 is 0 Å². The van der Waals surface area contributed by atoms with E-state index in [1.807, 2.05) is 30.3 Å². The highest BCUT2D eigenvalue weighted by Crippen LogP contribution is 2.34. The Morgan fingerprint density at radius 3 is 2.78 bits per heavy atom. The molecule has 0 heterocycles. The Morgan fingerprint density at radius 2 is 2.00 bits per heavy atom. The Labute approximate surface area is 114 Å². The molecule has 0 unspecified atom stereocenters. The first-order valence-corrected chi connectivity index (χ1v) is 6.88. The fourth-order valence-corrected chi connectivity index (χ4v) is 2.60. The van der Waals surface area contributed by atoms with E-state index in [0.29, 0.717) is 0 Å². The quantitative estimate of drug-likeness (QED) is 0.854. The zero-order valence-electron chi connectivity index (χ0n) is 9.86. The van der Waals surface area contributed by atoms with Gasteiger partial charge in [-0.05, 0) is 45.6 Å². The van der Waals surface area contributed by atoms with Crippen molar-refractivity contribution in [3.8, 4) is 5.75 Å². The van der Waals surface area contributed by atoms with Crippen molar-refractivity contribution < 1.29 is 9.53 Å². The topological polar surface area (TPSA) is 26.3 Å². The van der Waals surface area contributed by atoms with Gasteiger partial charge in [-0.1, -0.05) is 30.3 Å². The Bertz CT molecular complexity index is 602. The molecular weight excluding hydrogens is 292 g/mol. The number of fused-ring (bicyclic) bond motifs is 1. The van der Waals surface area contributed by atoms with E-state index < -0.39 is 0 Å². The van der Waals surface area contributed by atoms with Crippen LogP contribution in [-0.2, 0) is 4.79 Å². The molecule has 0 aliphatic heterocycles. The molecule has 0 aromatic heterocycles. The first-order valence-electron chi connectivity index (χ1n) is 6.08. The predicted molar refractivity (Wildman–Crippen MR) is 74.9 cm³/mol. The van der Waals surface area contributed by atoms with Crippen molar-refractivity contribution in [2.24, 2.45) is 5.92 Å². The van der Waals surface area contributed by atoms with Crippen LogP contribution in [0.1, 0.15) is 12.8 Å². The number of benzene rings is 2. The van der Waals surface area contributed by atoms with E-state index in [-0.39, 0.29) is 18.3 Å². The van der Waals surface area contributed by atoms with E-state index in [1.54, 1.807) is 0 Å². The van der Waals surface area contributed by atoms with Crippen LogP contribution in [0.2, 0.25) is 0 Å². The molecule has 0 amide bonds. The first-order chi connectivity index (χ1) is 8.75. The van der Waals surface area contributed by atoms with Gasteiger partial charge in [-0.25, -0.2) is 0 Å². The summed E-state index contributed by atoms with van der Waals surface area (Å²) in [5, 5.41) is 2.26. The Hall–Kier alpha value is -1.35. The summed E-state index contributed by atoms with van der Waals surface area (Å²) in [6.45, 7) is 0.182. The molecule has 0 N–H and O–H groups in total. The van der Waals surface area contributed by atoms with Crippen LogP contribution in [0.3, 0.4) is 0 Å². The summed E-state index contributed by atoms with van der Waals surface area (Å²) in [5.74, 6) is 1.21. The number of ether oxygens (including phenoxy) is 1. The number of carbonyl (C=O) groups is 1. The van der Waals surface area contributed by atoms with Gasteiger partial charge in [0.25, 0.3) is 0 Å². The van der Waals surface area contributed by atoms with E-state index in [0.717, 1.165) is 33.8 Å². The van der Waals surface area contributed by atoms with Gasteiger partial charge in [0.1, 0.15) is 12.4 Å². The van der Waals surface area contributed by atoms with Crippen molar-refractivity contribution in [2.45, 2.75) is 12.8 Å². The van der Waals surface area contributed by atoms with Crippen molar-refractivity contribution in [1.29, 1.82) is 0 Å². The summed E-state index contributed by atoms with van der Waals surface area (Å²) in [6.07, 6.45) is 2.06. The molecule has 2 aromatic rings. The average molecular weight is 305 g/mol. The summed E-state index contributed by atoms with van der Waals surface area (Å²) in [5.41, 5.74) is 0. The smallest absolute Gasteiger partial charge is 0.173 e. The molecule has 3 rings (SSSR count). The van der Waals surface area contributed by atoms with Gasteiger partial charge >= 0.3 is 0 Å². The number of ketones is 1. The number of rotatable bonds is 4. The lowest BCUT2D eigenvalue weighted by molar-refractivity contribution is -0.122. The van der Waals surface area contributed by atoms with Crippen LogP contribution >= 0.6 is 15.9 Å². The predicted octanol–water partition coefficient (Wildman–Crippen LogP) is 3.96. The van der Waals surface area contributed by atoms with Gasteiger partial charge < -0.3 is 4.74 Å². The van der Waals surface area contributed by atoms with Crippen molar-refractivity contribution in [2.75, 3.05) is 6.61 Å². The lowest BCUT2D eigenvalue weighted by atomic mass is 10.1. The summed E-state index contributed by atoms with van der Waals surface area (Å²) in [4.78, 5) is 11.6. The van der Waals surface area contributed by atoms with Crippen LogP contribution < -0.4 is 4.74 Å². The molecule has 0 atom stereocenters. The minimum Gasteiger partial charge on any atom is -0.485 e. The maximum absolute atomic E-state index is 11.6. The number of hydrogen-bond donors (Lipinski definition) is 0. The van der Waals surface area contributed by atoms with Crippen LogP contribution in [0.15, 0.2) is 40.9 Å². The fourth-order valence-electron chi connectivity index (χ4n) is 2.00. The summed E-state index contributed by atoms with van der Waals surface area (Å²) >= 11 is 3.55. The standard InChI is InChI=1S/C15H13BrO2/c16-15-12-4-2-1-3-10(12)7-8-14(15)18-9-13(17)11-5-6-11/h1-4,7-8,11H,5-6,9H2. The third-order valence-electron chi connectivity index (χ3n) is 3.23. The molecule has 18 heavy (non-hydrogen) atoms. The van der Waals surface area contributed by atoms with Gasteiger partial charge in [0.15, 0.2) is 5.78 Å². The third-order valence-corrected chi connectivity index (χ3v) is 4.05. The number of carbonyl (C=O) groups excluding carboxylic acids is 1. The van der Waals surface area contributed by atoms with Gasteiger partial charge in [-0.3, -0.25) is 4.79 Å². The largest absolute Gasteiger partial charge is 0.485 e. The molecule has 2 nitrogen and oxygen atoms in total. The summed E-state index contributed by atoms with van der Waals surface area (Å²) in [7, 11) is 0. The Morgan fingerprint density at radius 1 is 1.22 bits per heavy atom. The summed E-state index contributed by atoms with van der Waals surface area (Å²) in [6, 6.07) is 12.0. The zero-order valence-corrected chi connectivity index (χ0v) is 11.4. The van der Waals surface area contributed by atoms with Crippen molar-refractivity contribution in [3.63, 3.8) is 0 Å². The number of hydrogen-bond acceptors (Lipinski definition) is 2. The molecule has 1 fully saturated rings. The second-order valence-corrected chi connectivity index (χ2v) is 5.42. The van der Waals surface area contributed by atoms with Crippen molar-refractivity contribution in [1.82, 2.24) is 0 Å². The Balaban J connectivity index is 1.83. The molecule has 1 saturated carbocycles. The molecular formula is C15H13BrO2. The highest BCUT2D eigenvalue weighted by Gasteiger charge is 2.29. The molecule has 1 aliphatic carbocycles. The second-order valence-electron chi connectivity index (χ2n) is 4.63. The molecule has 3 heteroatoms. The average Bonchev–Trinajstić information content (AvgIpc) is 3.22. The van der Waals surface area contributed by atoms with Crippen LogP contribution in [0.25, 0.3) is 10.8 Å². The molecule has 0 spiro atoms. The van der Waals surface area contributed by atoms with E-state index in [9.17, 15) is 4.79 Å². The van der Waals surface area contributed by atoms with Gasteiger partial charge in [0.2, 0.25) is 0 Å². The minimum absolute atomic E-state index is 0.182. The molecule has 0 saturated heterocycles. The molecule has 2 aromatic carbocycles. The van der Waals surface area contributed by atoms with E-state index in [4.69, 9.17) is 4.74 Å². The lowest BCUT2D eigenvalue weighted by Crippen LogP contribution is -2.13. The van der Waals surface area contributed by atoms with E-state index in [2.05, 4.69) is 22.0 Å². The van der Waals surface area contributed by atoms with Crippen LogP contribution in [0, 0.1) is 5.92 Å². The molecule has 92 valence electrons. The van der Waals surface area contributed by atoms with Gasteiger partial charge in [-0.2, -0.15) is 0 Å². The zero-order chi connectivity index (χ0) is 12.5.